The molecule has 1 rings (SSSR count). The molecular formula is C14H28N2O2. The van der Waals surface area contributed by atoms with Gasteiger partial charge in [0.1, 0.15) is 0 Å². The van der Waals surface area contributed by atoms with Crippen molar-refractivity contribution in [1.82, 2.24) is 5.32 Å². The Kier molecular flexibility index (Phi) is 6.65. The Morgan fingerprint density at radius 1 is 1.39 bits per heavy atom. The zero-order valence-corrected chi connectivity index (χ0v) is 11.6. The molecule has 1 fully saturated rings. The Hall–Kier alpha value is -0.610. The van der Waals surface area contributed by atoms with Crippen molar-refractivity contribution in [3.8, 4) is 0 Å². The average Bonchev–Trinajstić information content (AvgIpc) is 2.43. The SMILES string of the molecule is CC(CCCN)C(=O)NCC1(CO)CCCCC1. The predicted octanol–water partition coefficient (Wildman–Crippen LogP) is 1.42. The largest absolute Gasteiger partial charge is 0.396 e. The smallest absolute Gasteiger partial charge is 0.222 e. The number of carbonyl (C=O) groups is 1. The first-order valence-electron chi connectivity index (χ1n) is 7.22. The van der Waals surface area contributed by atoms with Crippen LogP contribution in [0.1, 0.15) is 51.9 Å². The quantitative estimate of drug-likeness (QED) is 0.645. The van der Waals surface area contributed by atoms with Gasteiger partial charge < -0.3 is 16.2 Å². The number of rotatable bonds is 7. The molecule has 0 aromatic carbocycles. The fourth-order valence-electron chi connectivity index (χ4n) is 2.70. The summed E-state index contributed by atoms with van der Waals surface area (Å²) in [6, 6.07) is 0. The number of nitrogens with two attached hydrogens (primary N) is 1. The van der Waals surface area contributed by atoms with Gasteiger partial charge in [-0.15, -0.1) is 0 Å². The molecule has 1 aliphatic carbocycles. The fourth-order valence-corrected chi connectivity index (χ4v) is 2.70. The molecule has 1 atom stereocenters. The first-order chi connectivity index (χ1) is 8.63. The third kappa shape index (κ3) is 4.58. The highest BCUT2D eigenvalue weighted by Gasteiger charge is 2.32. The standard InChI is InChI=1S/C14H28N2O2/c1-12(6-5-9-15)13(18)16-10-14(11-17)7-3-2-4-8-14/h12,17H,2-11,15H2,1H3,(H,16,18). The summed E-state index contributed by atoms with van der Waals surface area (Å²) in [5.74, 6) is 0.120. The van der Waals surface area contributed by atoms with Crippen molar-refractivity contribution in [3.63, 3.8) is 0 Å². The van der Waals surface area contributed by atoms with Crippen LogP contribution in [0.2, 0.25) is 0 Å². The first kappa shape index (κ1) is 15.4. The van der Waals surface area contributed by atoms with E-state index in [1.165, 1.54) is 19.3 Å². The van der Waals surface area contributed by atoms with Crippen molar-refractivity contribution in [2.75, 3.05) is 19.7 Å². The summed E-state index contributed by atoms with van der Waals surface area (Å²) in [6.45, 7) is 3.38. The lowest BCUT2D eigenvalue weighted by atomic mass is 9.74. The Balaban J connectivity index is 2.35. The van der Waals surface area contributed by atoms with Crippen LogP contribution in [0.15, 0.2) is 0 Å². The molecule has 4 N–H and O–H groups in total. The van der Waals surface area contributed by atoms with Crippen molar-refractivity contribution >= 4 is 5.91 Å². The molecule has 0 aromatic rings. The van der Waals surface area contributed by atoms with Gasteiger partial charge in [0.2, 0.25) is 5.91 Å². The number of hydrogen-bond acceptors (Lipinski definition) is 3. The van der Waals surface area contributed by atoms with Gasteiger partial charge in [0, 0.05) is 17.9 Å². The summed E-state index contributed by atoms with van der Waals surface area (Å²) in [4.78, 5) is 11.9. The number of amides is 1. The molecule has 0 spiro atoms. The van der Waals surface area contributed by atoms with Gasteiger partial charge in [0.25, 0.3) is 0 Å². The van der Waals surface area contributed by atoms with Crippen LogP contribution >= 0.6 is 0 Å². The van der Waals surface area contributed by atoms with Gasteiger partial charge in [0.05, 0.1) is 6.61 Å². The van der Waals surface area contributed by atoms with E-state index in [1.807, 2.05) is 6.92 Å². The normalized spacial score (nSPS) is 20.4. The Morgan fingerprint density at radius 3 is 2.61 bits per heavy atom. The van der Waals surface area contributed by atoms with Crippen LogP contribution in [0, 0.1) is 11.3 Å². The highest BCUT2D eigenvalue weighted by Crippen LogP contribution is 2.35. The number of hydrogen-bond donors (Lipinski definition) is 3. The van der Waals surface area contributed by atoms with Crippen LogP contribution in [-0.2, 0) is 4.79 Å². The van der Waals surface area contributed by atoms with E-state index in [4.69, 9.17) is 5.73 Å². The van der Waals surface area contributed by atoms with E-state index < -0.39 is 0 Å². The number of carbonyl (C=O) groups excluding carboxylic acids is 1. The zero-order valence-electron chi connectivity index (χ0n) is 11.6. The summed E-state index contributed by atoms with van der Waals surface area (Å²) >= 11 is 0. The maximum Gasteiger partial charge on any atom is 0.222 e. The molecule has 1 saturated carbocycles. The van der Waals surface area contributed by atoms with Crippen LogP contribution < -0.4 is 11.1 Å². The van der Waals surface area contributed by atoms with Crippen LogP contribution in [-0.4, -0.2) is 30.7 Å². The summed E-state index contributed by atoms with van der Waals surface area (Å²) in [5, 5.41) is 12.6. The van der Waals surface area contributed by atoms with Crippen molar-refractivity contribution in [1.29, 1.82) is 0 Å². The molecule has 4 nitrogen and oxygen atoms in total. The van der Waals surface area contributed by atoms with Crippen LogP contribution in [0.5, 0.6) is 0 Å². The Bertz CT molecular complexity index is 250. The van der Waals surface area contributed by atoms with E-state index in [9.17, 15) is 9.90 Å². The molecule has 0 heterocycles. The lowest BCUT2D eigenvalue weighted by Crippen LogP contribution is -2.43. The van der Waals surface area contributed by atoms with Crippen molar-refractivity contribution in [3.05, 3.63) is 0 Å². The second kappa shape index (κ2) is 7.74. The maximum atomic E-state index is 11.9. The topological polar surface area (TPSA) is 75.4 Å². The molecule has 0 saturated heterocycles. The molecule has 0 aliphatic heterocycles. The summed E-state index contributed by atoms with van der Waals surface area (Å²) in [7, 11) is 0. The van der Waals surface area contributed by atoms with Gasteiger partial charge in [-0.1, -0.05) is 26.2 Å². The second-order valence-corrected chi connectivity index (χ2v) is 5.77. The summed E-state index contributed by atoms with van der Waals surface area (Å²) < 4.78 is 0. The molecule has 1 aliphatic rings. The van der Waals surface area contributed by atoms with Crippen molar-refractivity contribution in [2.45, 2.75) is 51.9 Å². The van der Waals surface area contributed by atoms with E-state index in [-0.39, 0.29) is 23.8 Å². The third-order valence-electron chi connectivity index (χ3n) is 4.18. The molecule has 4 heteroatoms. The Morgan fingerprint density at radius 2 is 2.06 bits per heavy atom. The van der Waals surface area contributed by atoms with E-state index in [1.54, 1.807) is 0 Å². The molecule has 0 radical (unpaired) electrons. The van der Waals surface area contributed by atoms with Crippen molar-refractivity contribution < 1.29 is 9.90 Å². The van der Waals surface area contributed by atoms with Crippen LogP contribution in [0.25, 0.3) is 0 Å². The Labute approximate surface area is 110 Å². The lowest BCUT2D eigenvalue weighted by Gasteiger charge is -2.36. The van der Waals surface area contributed by atoms with Crippen LogP contribution in [0.3, 0.4) is 0 Å². The van der Waals surface area contributed by atoms with Gasteiger partial charge in [-0.3, -0.25) is 4.79 Å². The van der Waals surface area contributed by atoms with Gasteiger partial charge in [-0.2, -0.15) is 0 Å². The number of aliphatic hydroxyl groups excluding tert-OH is 1. The van der Waals surface area contributed by atoms with Gasteiger partial charge in [-0.05, 0) is 32.2 Å². The minimum Gasteiger partial charge on any atom is -0.396 e. The van der Waals surface area contributed by atoms with E-state index in [0.29, 0.717) is 13.1 Å². The van der Waals surface area contributed by atoms with E-state index in [0.717, 1.165) is 25.7 Å². The van der Waals surface area contributed by atoms with Gasteiger partial charge in [0.15, 0.2) is 0 Å². The zero-order chi connectivity index (χ0) is 13.4. The lowest BCUT2D eigenvalue weighted by molar-refractivity contribution is -0.125. The van der Waals surface area contributed by atoms with E-state index in [2.05, 4.69) is 5.32 Å². The minimum atomic E-state index is -0.0680. The second-order valence-electron chi connectivity index (χ2n) is 5.77. The number of aliphatic hydroxyl groups is 1. The highest BCUT2D eigenvalue weighted by molar-refractivity contribution is 5.78. The van der Waals surface area contributed by atoms with Crippen LogP contribution in [0.4, 0.5) is 0 Å². The monoisotopic (exact) mass is 256 g/mol. The first-order valence-corrected chi connectivity index (χ1v) is 7.22. The molecule has 0 bridgehead atoms. The highest BCUT2D eigenvalue weighted by atomic mass is 16.3. The molecule has 1 unspecified atom stereocenters. The molecule has 18 heavy (non-hydrogen) atoms. The summed E-state index contributed by atoms with van der Waals surface area (Å²) in [6.07, 6.45) is 7.37. The summed E-state index contributed by atoms with van der Waals surface area (Å²) in [5.41, 5.74) is 5.38. The average molecular weight is 256 g/mol. The third-order valence-corrected chi connectivity index (χ3v) is 4.18. The fraction of sp³-hybridized carbons (Fsp3) is 0.929. The van der Waals surface area contributed by atoms with Crippen molar-refractivity contribution in [2.24, 2.45) is 17.1 Å². The molecule has 106 valence electrons. The van der Waals surface area contributed by atoms with Gasteiger partial charge >= 0.3 is 0 Å². The maximum absolute atomic E-state index is 11.9. The number of nitrogens with one attached hydrogen (secondary N) is 1. The minimum absolute atomic E-state index is 0.0212. The molecule has 0 aromatic heterocycles. The van der Waals surface area contributed by atoms with Gasteiger partial charge in [-0.25, -0.2) is 0 Å². The molecular weight excluding hydrogens is 228 g/mol. The molecule has 1 amide bonds. The predicted molar refractivity (Wildman–Crippen MR) is 73.1 cm³/mol. The van der Waals surface area contributed by atoms with E-state index >= 15 is 0 Å².